The molecule has 0 aromatic carbocycles. The molecular formula is C13H21N2O4PS3. The first-order chi connectivity index (χ1) is 11.0. The second-order valence-electron chi connectivity index (χ2n) is 4.36. The Kier molecular flexibility index (Phi) is 11.1. The van der Waals surface area contributed by atoms with Gasteiger partial charge in [0.15, 0.2) is 0 Å². The molecule has 1 atom stereocenters. The van der Waals surface area contributed by atoms with E-state index in [0.29, 0.717) is 19.4 Å². The molecule has 0 radical (unpaired) electrons. The largest absolute Gasteiger partial charge is 0.356 e. The quantitative estimate of drug-likeness (QED) is 0.317. The van der Waals surface area contributed by atoms with Gasteiger partial charge in [-0.25, -0.2) is 4.98 Å². The van der Waals surface area contributed by atoms with Crippen LogP contribution in [-0.4, -0.2) is 41.8 Å². The number of hydrogen-bond acceptors (Lipinski definition) is 7. The molecule has 0 fully saturated rings. The van der Waals surface area contributed by atoms with Crippen LogP contribution in [0, 0.1) is 0 Å². The van der Waals surface area contributed by atoms with Crippen LogP contribution in [0.4, 0.5) is 0 Å². The molecule has 1 heterocycles. The summed E-state index contributed by atoms with van der Waals surface area (Å²) in [6.45, 7) is -2.24. The number of pyridine rings is 1. The van der Waals surface area contributed by atoms with Crippen molar-refractivity contribution in [2.24, 2.45) is 0 Å². The van der Waals surface area contributed by atoms with Crippen molar-refractivity contribution in [3.8, 4) is 0 Å². The fourth-order valence-electron chi connectivity index (χ4n) is 1.41. The molecule has 1 aromatic heterocycles. The highest BCUT2D eigenvalue weighted by Gasteiger charge is 2.11. The van der Waals surface area contributed by atoms with E-state index < -0.39 is 6.72 Å². The van der Waals surface area contributed by atoms with E-state index in [0.717, 1.165) is 17.2 Å². The maximum Gasteiger partial charge on any atom is 0.324 e. The Morgan fingerprint density at radius 3 is 3.00 bits per heavy atom. The normalized spacial score (nSPS) is 13.5. The Bertz CT molecular complexity index is 507. The number of carbonyl (C=O) groups is 1. The lowest BCUT2D eigenvalue weighted by molar-refractivity contribution is -0.121. The van der Waals surface area contributed by atoms with Crippen molar-refractivity contribution < 1.29 is 18.7 Å². The van der Waals surface area contributed by atoms with Gasteiger partial charge in [-0.1, -0.05) is 16.9 Å². The van der Waals surface area contributed by atoms with Crippen molar-refractivity contribution in [2.45, 2.75) is 24.3 Å². The molecule has 10 heteroatoms. The molecule has 0 saturated carbocycles. The summed E-state index contributed by atoms with van der Waals surface area (Å²) in [6.07, 6.45) is 3.51. The zero-order valence-electron chi connectivity index (χ0n) is 12.8. The first kappa shape index (κ1) is 20.9. The van der Waals surface area contributed by atoms with Gasteiger partial charge in [0.05, 0.1) is 6.61 Å². The van der Waals surface area contributed by atoms with Crippen LogP contribution in [0.15, 0.2) is 29.4 Å². The Labute approximate surface area is 149 Å². The van der Waals surface area contributed by atoms with Gasteiger partial charge in [-0.2, -0.15) is 0 Å². The van der Waals surface area contributed by atoms with E-state index in [1.54, 1.807) is 27.8 Å². The number of aromatic nitrogens is 1. The van der Waals surface area contributed by atoms with Gasteiger partial charge in [-0.3, -0.25) is 4.79 Å². The average Bonchev–Trinajstić information content (AvgIpc) is 2.56. The van der Waals surface area contributed by atoms with E-state index in [2.05, 4.69) is 26.6 Å². The van der Waals surface area contributed by atoms with E-state index >= 15 is 0 Å². The molecule has 6 nitrogen and oxygen atoms in total. The molecular weight excluding hydrogens is 375 g/mol. The van der Waals surface area contributed by atoms with Gasteiger partial charge >= 0.3 is 6.72 Å². The summed E-state index contributed by atoms with van der Waals surface area (Å²) in [5.41, 5.74) is 0. The Morgan fingerprint density at radius 1 is 1.48 bits per heavy atom. The molecule has 0 aliphatic heterocycles. The second-order valence-corrected chi connectivity index (χ2v) is 9.75. The predicted molar refractivity (Wildman–Crippen MR) is 98.9 cm³/mol. The summed E-state index contributed by atoms with van der Waals surface area (Å²) in [4.78, 5) is 25.2. The molecule has 130 valence electrons. The van der Waals surface area contributed by atoms with Crippen LogP contribution in [0.3, 0.4) is 0 Å². The van der Waals surface area contributed by atoms with E-state index in [9.17, 15) is 9.69 Å². The minimum atomic E-state index is -3.10. The first-order valence-electron chi connectivity index (χ1n) is 7.04. The van der Waals surface area contributed by atoms with Crippen molar-refractivity contribution in [1.82, 2.24) is 10.3 Å². The summed E-state index contributed by atoms with van der Waals surface area (Å²) < 4.78 is 9.62. The van der Waals surface area contributed by atoms with Crippen molar-refractivity contribution in [3.63, 3.8) is 0 Å². The maximum absolute atomic E-state index is 11.6. The molecule has 0 aliphatic rings. The molecule has 0 bridgehead atoms. The van der Waals surface area contributed by atoms with E-state index in [1.165, 1.54) is 7.11 Å². The van der Waals surface area contributed by atoms with Gasteiger partial charge in [0.25, 0.3) is 0 Å². The fraction of sp³-hybridized carbons (Fsp3) is 0.538. The SMILES string of the molecule is COP(O)(=S)OCCCC(=O)NCCCSSc1ccccn1. The third-order valence-electron chi connectivity index (χ3n) is 2.54. The molecule has 23 heavy (non-hydrogen) atoms. The van der Waals surface area contributed by atoms with Crippen LogP contribution in [0.1, 0.15) is 19.3 Å². The lowest BCUT2D eigenvalue weighted by Gasteiger charge is -2.12. The Balaban J connectivity index is 1.95. The summed E-state index contributed by atoms with van der Waals surface area (Å²) in [6, 6.07) is 5.82. The number of nitrogens with zero attached hydrogens (tertiary/aromatic N) is 1. The highest BCUT2D eigenvalue weighted by atomic mass is 33.1. The van der Waals surface area contributed by atoms with Crippen molar-refractivity contribution >= 4 is 46.0 Å². The first-order valence-corrected chi connectivity index (χ1v) is 11.9. The molecule has 0 spiro atoms. The lowest BCUT2D eigenvalue weighted by Crippen LogP contribution is -2.24. The van der Waals surface area contributed by atoms with Gasteiger partial charge in [0.1, 0.15) is 5.03 Å². The van der Waals surface area contributed by atoms with Crippen molar-refractivity contribution in [1.29, 1.82) is 0 Å². The predicted octanol–water partition coefficient (Wildman–Crippen LogP) is 2.99. The summed E-state index contributed by atoms with van der Waals surface area (Å²) in [5.74, 6) is 0.908. The third kappa shape index (κ3) is 11.1. The van der Waals surface area contributed by atoms with Crippen LogP contribution in [0.5, 0.6) is 0 Å². The van der Waals surface area contributed by atoms with Crippen LogP contribution in [-0.2, 0) is 25.6 Å². The number of amides is 1. The van der Waals surface area contributed by atoms with Crippen LogP contribution < -0.4 is 5.32 Å². The molecule has 1 aromatic rings. The lowest BCUT2D eigenvalue weighted by atomic mass is 10.3. The summed E-state index contributed by atoms with van der Waals surface area (Å²) in [5, 5.41) is 3.84. The molecule has 1 rings (SSSR count). The highest BCUT2D eigenvalue weighted by molar-refractivity contribution is 8.76. The van der Waals surface area contributed by atoms with Gasteiger partial charge < -0.3 is 19.3 Å². The monoisotopic (exact) mass is 396 g/mol. The molecule has 0 aliphatic carbocycles. The standard InChI is InChI=1S/C13H21N2O4PS3/c1-18-20(17,21)19-10-4-6-12(16)14-9-5-11-22-23-13-7-2-3-8-15-13/h2-3,7-8H,4-6,9-11H2,1H3,(H,14,16)(H,17,21). The van der Waals surface area contributed by atoms with Gasteiger partial charge in [0, 0.05) is 32.0 Å². The molecule has 1 amide bonds. The van der Waals surface area contributed by atoms with Gasteiger partial charge in [-0.05, 0) is 47.6 Å². The van der Waals surface area contributed by atoms with Crippen molar-refractivity contribution in [3.05, 3.63) is 24.4 Å². The smallest absolute Gasteiger partial charge is 0.324 e. The number of rotatable bonds is 12. The van der Waals surface area contributed by atoms with Crippen LogP contribution in [0.25, 0.3) is 0 Å². The van der Waals surface area contributed by atoms with E-state index in [-0.39, 0.29) is 12.5 Å². The molecule has 0 saturated heterocycles. The number of hydrogen-bond donors (Lipinski definition) is 2. The topological polar surface area (TPSA) is 80.7 Å². The second kappa shape index (κ2) is 12.2. The van der Waals surface area contributed by atoms with Crippen LogP contribution in [0.2, 0.25) is 0 Å². The zero-order chi connectivity index (χ0) is 17.0. The minimum Gasteiger partial charge on any atom is -0.356 e. The molecule has 1 unspecified atom stereocenters. The summed E-state index contributed by atoms with van der Waals surface area (Å²) in [7, 11) is 4.66. The number of carbonyl (C=O) groups excluding carboxylic acids is 1. The van der Waals surface area contributed by atoms with E-state index in [1.807, 2.05) is 18.2 Å². The highest BCUT2D eigenvalue weighted by Crippen LogP contribution is 2.42. The maximum atomic E-state index is 11.6. The van der Waals surface area contributed by atoms with Gasteiger partial charge in [0.2, 0.25) is 5.91 Å². The minimum absolute atomic E-state index is 0.0281. The van der Waals surface area contributed by atoms with Gasteiger partial charge in [-0.15, -0.1) is 0 Å². The van der Waals surface area contributed by atoms with E-state index in [4.69, 9.17) is 4.52 Å². The summed E-state index contributed by atoms with van der Waals surface area (Å²) >= 11 is 4.68. The third-order valence-corrected chi connectivity index (χ3v) is 6.63. The average molecular weight is 396 g/mol. The molecule has 2 N–H and O–H groups in total. The Hall–Kier alpha value is -0.150. The number of nitrogens with one attached hydrogen (secondary N) is 1. The van der Waals surface area contributed by atoms with Crippen molar-refractivity contribution in [2.75, 3.05) is 26.0 Å². The van der Waals surface area contributed by atoms with Crippen LogP contribution >= 0.6 is 28.3 Å². The Morgan fingerprint density at radius 2 is 2.30 bits per heavy atom. The fourth-order valence-corrected chi connectivity index (χ4v) is 4.07. The zero-order valence-corrected chi connectivity index (χ0v) is 16.2.